The van der Waals surface area contributed by atoms with Gasteiger partial charge in [0, 0.05) is 13.1 Å². The van der Waals surface area contributed by atoms with E-state index >= 15 is 0 Å². The van der Waals surface area contributed by atoms with Crippen molar-refractivity contribution in [2.45, 2.75) is 12.8 Å². The Kier molecular flexibility index (Phi) is 2.64. The van der Waals surface area contributed by atoms with E-state index in [4.69, 9.17) is 5.26 Å². The van der Waals surface area contributed by atoms with Crippen LogP contribution in [-0.4, -0.2) is 29.8 Å². The molecule has 1 fully saturated rings. The third-order valence-electron chi connectivity index (χ3n) is 2.39. The van der Waals surface area contributed by atoms with Crippen LogP contribution < -0.4 is 5.32 Å². The van der Waals surface area contributed by atoms with Crippen LogP contribution in [0.5, 0.6) is 0 Å². The predicted molar refractivity (Wildman–Crippen MR) is 54.0 cm³/mol. The van der Waals surface area contributed by atoms with Gasteiger partial charge < -0.3 is 10.2 Å². The van der Waals surface area contributed by atoms with Crippen molar-refractivity contribution in [2.75, 3.05) is 19.0 Å². The third-order valence-corrected chi connectivity index (χ3v) is 3.41. The van der Waals surface area contributed by atoms with Crippen molar-refractivity contribution in [3.63, 3.8) is 0 Å². The normalized spacial score (nSPS) is 22.2. The first-order chi connectivity index (χ1) is 6.83. The van der Waals surface area contributed by atoms with Crippen molar-refractivity contribution in [3.05, 3.63) is 10.6 Å². The lowest BCUT2D eigenvalue weighted by Gasteiger charge is -2.25. The van der Waals surface area contributed by atoms with Crippen LogP contribution in [0.3, 0.4) is 0 Å². The molecular weight excluding hydrogens is 198 g/mol. The summed E-state index contributed by atoms with van der Waals surface area (Å²) in [4.78, 5) is 13.5. The topological polar surface area (TPSA) is 56.1 Å². The van der Waals surface area contributed by atoms with Gasteiger partial charge in [-0.2, -0.15) is 5.26 Å². The van der Waals surface area contributed by atoms with Crippen molar-refractivity contribution in [1.82, 2.24) is 10.2 Å². The zero-order valence-corrected chi connectivity index (χ0v) is 8.56. The molecule has 2 rings (SSSR count). The molecule has 0 aromatic rings. The van der Waals surface area contributed by atoms with Crippen LogP contribution in [0.2, 0.25) is 0 Å². The summed E-state index contributed by atoms with van der Waals surface area (Å²) in [6.45, 7) is 1.95. The second-order valence-electron chi connectivity index (χ2n) is 3.28. The summed E-state index contributed by atoms with van der Waals surface area (Å²) in [5, 5.41) is 12.4. The van der Waals surface area contributed by atoms with Crippen molar-refractivity contribution in [1.29, 1.82) is 5.26 Å². The number of thioether (sulfide) groups is 1. The molecule has 2 heterocycles. The maximum atomic E-state index is 11.4. The van der Waals surface area contributed by atoms with E-state index in [0.717, 1.165) is 31.0 Å². The predicted octanol–water partition coefficient (Wildman–Crippen LogP) is 0.638. The van der Waals surface area contributed by atoms with Gasteiger partial charge in [0.1, 0.15) is 11.6 Å². The summed E-state index contributed by atoms with van der Waals surface area (Å²) < 4.78 is 0. The van der Waals surface area contributed by atoms with E-state index in [1.54, 1.807) is 11.8 Å². The van der Waals surface area contributed by atoms with Crippen molar-refractivity contribution < 1.29 is 4.79 Å². The van der Waals surface area contributed by atoms with Gasteiger partial charge >= 0.3 is 0 Å². The summed E-state index contributed by atoms with van der Waals surface area (Å²) >= 11 is 1.55. The minimum atomic E-state index is -0.229. The molecule has 2 aliphatic heterocycles. The molecule has 14 heavy (non-hydrogen) atoms. The van der Waals surface area contributed by atoms with Gasteiger partial charge in [-0.15, -0.1) is 0 Å². The lowest BCUT2D eigenvalue weighted by atomic mass is 10.3. The van der Waals surface area contributed by atoms with Crippen LogP contribution >= 0.6 is 11.8 Å². The van der Waals surface area contributed by atoms with Crippen molar-refractivity contribution in [3.8, 4) is 6.07 Å². The lowest BCUT2D eigenvalue weighted by molar-refractivity contribution is -0.116. The maximum Gasteiger partial charge on any atom is 0.265 e. The summed E-state index contributed by atoms with van der Waals surface area (Å²) in [7, 11) is 0. The van der Waals surface area contributed by atoms with E-state index in [2.05, 4.69) is 10.2 Å². The Bertz CT molecular complexity index is 325. The smallest absolute Gasteiger partial charge is 0.265 e. The largest absolute Gasteiger partial charge is 0.365 e. The van der Waals surface area contributed by atoms with Crippen LogP contribution in [0.4, 0.5) is 0 Å². The highest BCUT2D eigenvalue weighted by Crippen LogP contribution is 2.29. The molecule has 1 saturated heterocycles. The molecule has 0 aliphatic carbocycles. The zero-order chi connectivity index (χ0) is 9.97. The average Bonchev–Trinajstić information content (AvgIpc) is 2.70. The number of carbonyl (C=O) groups is 1. The standard InChI is InChI=1S/C9H11N3OS/c10-5-7-8(13)11-6-14-9(7)12-3-1-2-4-12/h1-4,6H2,(H,11,13). The SMILES string of the molecule is N#CC1=C(N2CCCC2)SCNC1=O. The summed E-state index contributed by atoms with van der Waals surface area (Å²) in [6, 6.07) is 1.99. The Hall–Kier alpha value is -1.15. The zero-order valence-electron chi connectivity index (χ0n) is 7.75. The highest BCUT2D eigenvalue weighted by atomic mass is 32.2. The van der Waals surface area contributed by atoms with Gasteiger partial charge in [0.15, 0.2) is 0 Å². The number of rotatable bonds is 1. The molecule has 5 heteroatoms. The Morgan fingerprint density at radius 1 is 1.43 bits per heavy atom. The quantitative estimate of drug-likeness (QED) is 0.688. The molecule has 0 unspecified atom stereocenters. The van der Waals surface area contributed by atoms with E-state index in [-0.39, 0.29) is 11.5 Å². The highest BCUT2D eigenvalue weighted by molar-refractivity contribution is 8.03. The highest BCUT2D eigenvalue weighted by Gasteiger charge is 2.26. The number of nitrogens with one attached hydrogen (secondary N) is 1. The molecule has 0 radical (unpaired) electrons. The van der Waals surface area contributed by atoms with E-state index in [1.807, 2.05) is 6.07 Å². The summed E-state index contributed by atoms with van der Waals surface area (Å²) in [5.74, 6) is 0.351. The van der Waals surface area contributed by atoms with Gasteiger partial charge in [-0.3, -0.25) is 4.79 Å². The van der Waals surface area contributed by atoms with Gasteiger partial charge in [0.25, 0.3) is 5.91 Å². The second-order valence-corrected chi connectivity index (χ2v) is 4.24. The number of nitriles is 1. The molecule has 0 bridgehead atoms. The first-order valence-electron chi connectivity index (χ1n) is 4.63. The Morgan fingerprint density at radius 3 is 2.79 bits per heavy atom. The Labute approximate surface area is 86.9 Å². The molecule has 0 saturated carbocycles. The molecule has 0 aromatic carbocycles. The van der Waals surface area contributed by atoms with Crippen LogP contribution in [0.1, 0.15) is 12.8 Å². The number of amides is 1. The fourth-order valence-electron chi connectivity index (χ4n) is 1.70. The summed E-state index contributed by atoms with van der Waals surface area (Å²) in [5.41, 5.74) is 0.281. The molecular formula is C9H11N3OS. The van der Waals surface area contributed by atoms with Crippen LogP contribution in [0.25, 0.3) is 0 Å². The molecule has 2 aliphatic rings. The van der Waals surface area contributed by atoms with Crippen LogP contribution in [0, 0.1) is 11.3 Å². The molecule has 1 amide bonds. The molecule has 0 spiro atoms. The van der Waals surface area contributed by atoms with E-state index in [9.17, 15) is 4.79 Å². The number of hydrogen-bond donors (Lipinski definition) is 1. The lowest BCUT2D eigenvalue weighted by Crippen LogP contribution is -2.33. The number of nitrogens with zero attached hydrogens (tertiary/aromatic N) is 2. The van der Waals surface area contributed by atoms with Crippen molar-refractivity contribution in [2.24, 2.45) is 0 Å². The van der Waals surface area contributed by atoms with Crippen LogP contribution in [-0.2, 0) is 4.79 Å². The third kappa shape index (κ3) is 1.58. The van der Waals surface area contributed by atoms with Gasteiger partial charge in [0.2, 0.25) is 0 Å². The van der Waals surface area contributed by atoms with E-state index < -0.39 is 0 Å². The monoisotopic (exact) mass is 209 g/mol. The number of likely N-dealkylation sites (tertiary alicyclic amines) is 1. The minimum Gasteiger partial charge on any atom is -0.365 e. The van der Waals surface area contributed by atoms with Gasteiger partial charge in [0.05, 0.1) is 10.9 Å². The van der Waals surface area contributed by atoms with Gasteiger partial charge in [-0.05, 0) is 12.8 Å². The molecule has 74 valence electrons. The van der Waals surface area contributed by atoms with Gasteiger partial charge in [-0.25, -0.2) is 0 Å². The molecule has 1 N–H and O–H groups in total. The Balaban J connectivity index is 2.28. The first kappa shape index (κ1) is 9.41. The van der Waals surface area contributed by atoms with Crippen LogP contribution in [0.15, 0.2) is 10.6 Å². The average molecular weight is 209 g/mol. The van der Waals surface area contributed by atoms with Gasteiger partial charge in [-0.1, -0.05) is 11.8 Å². The van der Waals surface area contributed by atoms with E-state index in [1.165, 1.54) is 0 Å². The maximum absolute atomic E-state index is 11.4. The Morgan fingerprint density at radius 2 is 2.14 bits per heavy atom. The summed E-state index contributed by atoms with van der Waals surface area (Å²) in [6.07, 6.45) is 2.31. The fraction of sp³-hybridized carbons (Fsp3) is 0.556. The molecule has 0 aromatic heterocycles. The van der Waals surface area contributed by atoms with E-state index in [0.29, 0.717) is 5.88 Å². The minimum absolute atomic E-state index is 0.229. The number of carbonyl (C=O) groups excluding carboxylic acids is 1. The molecule has 4 nitrogen and oxygen atoms in total. The second kappa shape index (κ2) is 3.93. The molecule has 0 atom stereocenters. The van der Waals surface area contributed by atoms with Crippen molar-refractivity contribution >= 4 is 17.7 Å². The number of hydrogen-bond acceptors (Lipinski definition) is 4. The fourth-order valence-corrected chi connectivity index (χ4v) is 2.68. The first-order valence-corrected chi connectivity index (χ1v) is 5.62.